The van der Waals surface area contributed by atoms with Crippen molar-refractivity contribution in [2.45, 2.75) is 58.9 Å². The summed E-state index contributed by atoms with van der Waals surface area (Å²) in [5, 5.41) is 3.23. The van der Waals surface area contributed by atoms with Crippen LogP contribution in [0, 0.1) is 5.92 Å². The van der Waals surface area contributed by atoms with Crippen molar-refractivity contribution in [3.63, 3.8) is 0 Å². The van der Waals surface area contributed by atoms with E-state index in [9.17, 15) is 9.59 Å². The van der Waals surface area contributed by atoms with Gasteiger partial charge in [-0.15, -0.1) is 0 Å². The predicted molar refractivity (Wildman–Crippen MR) is 108 cm³/mol. The van der Waals surface area contributed by atoms with Gasteiger partial charge in [0.1, 0.15) is 0 Å². The van der Waals surface area contributed by atoms with E-state index in [2.05, 4.69) is 12.2 Å². The third-order valence-corrected chi connectivity index (χ3v) is 5.07. The first-order chi connectivity index (χ1) is 13.5. The van der Waals surface area contributed by atoms with E-state index in [0.717, 1.165) is 25.7 Å². The molecular formula is C21H30ClNO5. The molecule has 0 saturated heterocycles. The molecule has 1 aromatic rings. The smallest absolute Gasteiger partial charge is 0.338 e. The van der Waals surface area contributed by atoms with Crippen LogP contribution in [0.25, 0.3) is 0 Å². The van der Waals surface area contributed by atoms with Crippen molar-refractivity contribution in [3.05, 3.63) is 22.7 Å². The van der Waals surface area contributed by atoms with Gasteiger partial charge >= 0.3 is 5.97 Å². The number of benzene rings is 1. The second-order valence-electron chi connectivity index (χ2n) is 7.08. The lowest BCUT2D eigenvalue weighted by Crippen LogP contribution is -2.42. The molecule has 7 heteroatoms. The fourth-order valence-corrected chi connectivity index (χ4v) is 3.55. The SMILES string of the molecule is CCCOc1c(Cl)cc(C(=O)OCC(=O)NC2CCCCC2C)cc1OCC. The topological polar surface area (TPSA) is 73.9 Å². The van der Waals surface area contributed by atoms with Gasteiger partial charge in [0, 0.05) is 6.04 Å². The van der Waals surface area contributed by atoms with Gasteiger partial charge < -0.3 is 19.5 Å². The average Bonchev–Trinajstić information content (AvgIpc) is 2.67. The van der Waals surface area contributed by atoms with Crippen LogP contribution in [0.15, 0.2) is 12.1 Å². The summed E-state index contributed by atoms with van der Waals surface area (Å²) in [6.07, 6.45) is 5.20. The van der Waals surface area contributed by atoms with E-state index in [1.165, 1.54) is 18.6 Å². The Hall–Kier alpha value is -1.95. The first-order valence-electron chi connectivity index (χ1n) is 10.0. The molecule has 2 atom stereocenters. The average molecular weight is 412 g/mol. The molecule has 156 valence electrons. The molecule has 0 radical (unpaired) electrons. The minimum atomic E-state index is -0.628. The van der Waals surface area contributed by atoms with Crippen molar-refractivity contribution in [1.29, 1.82) is 0 Å². The summed E-state index contributed by atoms with van der Waals surface area (Å²) < 4.78 is 16.3. The Morgan fingerprint density at radius 1 is 1.18 bits per heavy atom. The predicted octanol–water partition coefficient (Wildman–Crippen LogP) is 4.38. The van der Waals surface area contributed by atoms with Crippen LogP contribution in [0.4, 0.5) is 0 Å². The van der Waals surface area contributed by atoms with Crippen molar-refractivity contribution in [2.24, 2.45) is 5.92 Å². The summed E-state index contributed by atoms with van der Waals surface area (Å²) in [7, 11) is 0. The van der Waals surface area contributed by atoms with E-state index in [4.69, 9.17) is 25.8 Å². The Balaban J connectivity index is 1.98. The third kappa shape index (κ3) is 6.30. The molecule has 28 heavy (non-hydrogen) atoms. The molecule has 1 aliphatic rings. The van der Waals surface area contributed by atoms with Gasteiger partial charge in [-0.3, -0.25) is 4.79 Å². The highest BCUT2D eigenvalue weighted by Gasteiger charge is 2.23. The molecular weight excluding hydrogens is 382 g/mol. The minimum absolute atomic E-state index is 0.147. The van der Waals surface area contributed by atoms with E-state index < -0.39 is 5.97 Å². The molecule has 6 nitrogen and oxygen atoms in total. The second-order valence-corrected chi connectivity index (χ2v) is 7.49. The van der Waals surface area contributed by atoms with Gasteiger partial charge in [-0.05, 0) is 44.2 Å². The molecule has 1 aliphatic carbocycles. The zero-order valence-electron chi connectivity index (χ0n) is 16.9. The zero-order valence-corrected chi connectivity index (χ0v) is 17.6. The highest BCUT2D eigenvalue weighted by atomic mass is 35.5. The molecule has 0 spiro atoms. The molecule has 2 unspecified atom stereocenters. The van der Waals surface area contributed by atoms with Crippen LogP contribution in [0.1, 0.15) is 63.2 Å². The Kier molecular flexibility index (Phi) is 8.90. The molecule has 0 heterocycles. The van der Waals surface area contributed by atoms with Gasteiger partial charge in [-0.2, -0.15) is 0 Å². The van der Waals surface area contributed by atoms with E-state index in [1.807, 2.05) is 13.8 Å². The number of esters is 1. The van der Waals surface area contributed by atoms with Gasteiger partial charge in [0.2, 0.25) is 0 Å². The van der Waals surface area contributed by atoms with Gasteiger partial charge in [0.05, 0.1) is 23.8 Å². The first kappa shape index (κ1) is 22.3. The third-order valence-electron chi connectivity index (χ3n) is 4.79. The number of hydrogen-bond donors (Lipinski definition) is 1. The number of ether oxygens (including phenoxy) is 3. The highest BCUT2D eigenvalue weighted by molar-refractivity contribution is 6.32. The molecule has 2 rings (SSSR count). The number of rotatable bonds is 9. The largest absolute Gasteiger partial charge is 0.490 e. The maximum Gasteiger partial charge on any atom is 0.338 e. The van der Waals surface area contributed by atoms with Crippen LogP contribution in [-0.4, -0.2) is 37.7 Å². The Bertz CT molecular complexity index is 679. The van der Waals surface area contributed by atoms with Crippen LogP contribution in [-0.2, 0) is 9.53 Å². The van der Waals surface area contributed by atoms with Crippen molar-refractivity contribution in [1.82, 2.24) is 5.32 Å². The van der Waals surface area contributed by atoms with Gasteiger partial charge in [-0.25, -0.2) is 4.79 Å². The lowest BCUT2D eigenvalue weighted by atomic mass is 9.86. The lowest BCUT2D eigenvalue weighted by Gasteiger charge is -2.29. The molecule has 1 fully saturated rings. The number of halogens is 1. The highest BCUT2D eigenvalue weighted by Crippen LogP contribution is 2.37. The summed E-state index contributed by atoms with van der Waals surface area (Å²) in [4.78, 5) is 24.5. The minimum Gasteiger partial charge on any atom is -0.490 e. The summed E-state index contributed by atoms with van der Waals surface area (Å²) >= 11 is 6.27. The van der Waals surface area contributed by atoms with Crippen LogP contribution in [0.5, 0.6) is 11.5 Å². The standard InChI is InChI=1S/C21H30ClNO5/c1-4-10-27-20-16(22)11-15(12-18(20)26-5-2)21(25)28-13-19(24)23-17-9-7-6-8-14(17)3/h11-12,14,17H,4-10,13H2,1-3H3,(H,23,24). The Labute approximate surface area is 171 Å². The lowest BCUT2D eigenvalue weighted by molar-refractivity contribution is -0.125. The van der Waals surface area contributed by atoms with E-state index in [-0.39, 0.29) is 29.1 Å². The molecule has 1 saturated carbocycles. The van der Waals surface area contributed by atoms with Crippen LogP contribution >= 0.6 is 11.6 Å². The maximum absolute atomic E-state index is 12.4. The Morgan fingerprint density at radius 3 is 2.61 bits per heavy atom. The first-order valence-corrected chi connectivity index (χ1v) is 10.4. The fraction of sp³-hybridized carbons (Fsp3) is 0.619. The quantitative estimate of drug-likeness (QED) is 0.610. The van der Waals surface area contributed by atoms with Crippen LogP contribution in [0.3, 0.4) is 0 Å². The van der Waals surface area contributed by atoms with Crippen LogP contribution < -0.4 is 14.8 Å². The number of carbonyl (C=O) groups excluding carboxylic acids is 2. The molecule has 0 aliphatic heterocycles. The molecule has 1 amide bonds. The molecule has 0 bridgehead atoms. The maximum atomic E-state index is 12.4. The molecule has 1 N–H and O–H groups in total. The second kappa shape index (κ2) is 11.1. The van der Waals surface area contributed by atoms with Gasteiger partial charge in [-0.1, -0.05) is 38.3 Å². The van der Waals surface area contributed by atoms with Crippen molar-refractivity contribution in [3.8, 4) is 11.5 Å². The molecule has 1 aromatic carbocycles. The van der Waals surface area contributed by atoms with Crippen molar-refractivity contribution < 1.29 is 23.8 Å². The number of amides is 1. The molecule has 0 aromatic heterocycles. The van der Waals surface area contributed by atoms with E-state index in [1.54, 1.807) is 0 Å². The van der Waals surface area contributed by atoms with Gasteiger partial charge in [0.25, 0.3) is 5.91 Å². The number of hydrogen-bond acceptors (Lipinski definition) is 5. The summed E-state index contributed by atoms with van der Waals surface area (Å²) in [6, 6.07) is 3.15. The number of carbonyl (C=O) groups is 2. The number of nitrogens with one attached hydrogen (secondary N) is 1. The van der Waals surface area contributed by atoms with E-state index in [0.29, 0.717) is 30.6 Å². The summed E-state index contributed by atoms with van der Waals surface area (Å²) in [5.41, 5.74) is 0.219. The van der Waals surface area contributed by atoms with Crippen molar-refractivity contribution >= 4 is 23.5 Å². The fourth-order valence-electron chi connectivity index (χ4n) is 3.29. The van der Waals surface area contributed by atoms with Crippen LogP contribution in [0.2, 0.25) is 5.02 Å². The monoisotopic (exact) mass is 411 g/mol. The van der Waals surface area contributed by atoms with E-state index >= 15 is 0 Å². The zero-order chi connectivity index (χ0) is 20.5. The van der Waals surface area contributed by atoms with Gasteiger partial charge in [0.15, 0.2) is 18.1 Å². The van der Waals surface area contributed by atoms with Crippen molar-refractivity contribution in [2.75, 3.05) is 19.8 Å². The summed E-state index contributed by atoms with van der Waals surface area (Å²) in [5.74, 6) is 0.321. The summed E-state index contributed by atoms with van der Waals surface area (Å²) in [6.45, 7) is 6.52. The Morgan fingerprint density at radius 2 is 1.93 bits per heavy atom. The normalized spacial score (nSPS) is 19.0.